The molecule has 176 valence electrons. The zero-order chi connectivity index (χ0) is 24.1. The summed E-state index contributed by atoms with van der Waals surface area (Å²) in [6.07, 6.45) is 6.23. The second-order valence-electron chi connectivity index (χ2n) is 8.29. The molecular weight excluding hydrogens is 454 g/mol. The molecule has 1 aliphatic rings. The van der Waals surface area contributed by atoms with Gasteiger partial charge < -0.3 is 19.9 Å². The highest BCUT2D eigenvalue weighted by molar-refractivity contribution is 7.16. The number of carbonyl (C=O) groups is 2. The lowest BCUT2D eigenvalue weighted by Crippen LogP contribution is -2.31. The third kappa shape index (κ3) is 5.43. The van der Waals surface area contributed by atoms with E-state index in [-0.39, 0.29) is 30.9 Å². The van der Waals surface area contributed by atoms with E-state index < -0.39 is 6.09 Å². The predicted molar refractivity (Wildman–Crippen MR) is 125 cm³/mol. The predicted octanol–water partition coefficient (Wildman–Crippen LogP) is 4.23. The Morgan fingerprint density at radius 2 is 2.26 bits per heavy atom. The van der Waals surface area contributed by atoms with Gasteiger partial charge in [-0.15, -0.1) is 11.3 Å². The van der Waals surface area contributed by atoms with Gasteiger partial charge in [0.2, 0.25) is 5.91 Å². The van der Waals surface area contributed by atoms with Gasteiger partial charge >= 0.3 is 6.09 Å². The molecule has 0 spiro atoms. The van der Waals surface area contributed by atoms with Gasteiger partial charge in [-0.2, -0.15) is 5.26 Å². The monoisotopic (exact) mass is 479 g/mol. The van der Waals surface area contributed by atoms with Gasteiger partial charge in [0.1, 0.15) is 22.9 Å². The Balaban J connectivity index is 1.35. The first-order chi connectivity index (χ1) is 16.4. The average Bonchev–Trinajstić information content (AvgIpc) is 3.39. The molecule has 2 N–H and O–H groups in total. The van der Waals surface area contributed by atoms with E-state index in [1.165, 1.54) is 11.3 Å². The van der Waals surface area contributed by atoms with E-state index in [0.29, 0.717) is 35.6 Å². The molecule has 0 fully saturated rings. The van der Waals surface area contributed by atoms with Crippen molar-refractivity contribution in [1.29, 1.82) is 5.26 Å². The molecular formula is C24H25N5O4S. The number of aromatic nitrogens is 2. The van der Waals surface area contributed by atoms with Crippen LogP contribution in [0.5, 0.6) is 0 Å². The van der Waals surface area contributed by atoms with Crippen LogP contribution in [0.1, 0.15) is 58.6 Å². The van der Waals surface area contributed by atoms with Crippen LogP contribution in [0.25, 0.3) is 0 Å². The van der Waals surface area contributed by atoms with Crippen molar-refractivity contribution in [1.82, 2.24) is 15.5 Å². The number of pyridine rings is 1. The Labute approximate surface area is 201 Å². The number of hydrogen-bond acceptors (Lipinski definition) is 8. The molecule has 2 amide bonds. The zero-order valence-electron chi connectivity index (χ0n) is 19.0. The van der Waals surface area contributed by atoms with E-state index in [2.05, 4.69) is 26.8 Å². The van der Waals surface area contributed by atoms with Crippen molar-refractivity contribution < 1.29 is 18.8 Å². The molecule has 34 heavy (non-hydrogen) atoms. The van der Waals surface area contributed by atoms with Crippen LogP contribution in [-0.2, 0) is 28.9 Å². The van der Waals surface area contributed by atoms with Gasteiger partial charge in [0.25, 0.3) is 0 Å². The van der Waals surface area contributed by atoms with Crippen molar-refractivity contribution in [3.63, 3.8) is 0 Å². The van der Waals surface area contributed by atoms with Crippen LogP contribution >= 0.6 is 11.3 Å². The number of alkyl carbamates (subject to hydrolysis) is 1. The van der Waals surface area contributed by atoms with Crippen molar-refractivity contribution in [2.75, 3.05) is 5.32 Å². The number of carbonyl (C=O) groups excluding carboxylic acids is 2. The number of nitrogens with one attached hydrogen (secondary N) is 2. The van der Waals surface area contributed by atoms with E-state index >= 15 is 0 Å². The third-order valence-electron chi connectivity index (χ3n) is 5.88. The van der Waals surface area contributed by atoms with Gasteiger partial charge in [-0.1, -0.05) is 18.1 Å². The number of rotatable bonds is 7. The molecule has 0 bridgehead atoms. The molecule has 4 rings (SSSR count). The summed E-state index contributed by atoms with van der Waals surface area (Å²) in [7, 11) is 0. The molecule has 0 aliphatic heterocycles. The average molecular weight is 480 g/mol. The number of hydrogen-bond donors (Lipinski definition) is 2. The second-order valence-corrected chi connectivity index (χ2v) is 9.40. The number of nitriles is 1. The van der Waals surface area contributed by atoms with E-state index in [4.69, 9.17) is 9.26 Å². The fourth-order valence-electron chi connectivity index (χ4n) is 3.95. The molecule has 3 heterocycles. The van der Waals surface area contributed by atoms with Crippen molar-refractivity contribution >= 4 is 28.3 Å². The van der Waals surface area contributed by atoms with Gasteiger partial charge in [0, 0.05) is 35.7 Å². The fourth-order valence-corrected chi connectivity index (χ4v) is 5.23. The van der Waals surface area contributed by atoms with Crippen molar-refractivity contribution in [2.45, 2.75) is 58.1 Å². The van der Waals surface area contributed by atoms with Crippen LogP contribution in [0.2, 0.25) is 0 Å². The van der Waals surface area contributed by atoms with Crippen LogP contribution in [-0.4, -0.2) is 28.2 Å². The molecule has 2 unspecified atom stereocenters. The summed E-state index contributed by atoms with van der Waals surface area (Å²) in [4.78, 5) is 30.0. The number of fused-ring (bicyclic) bond motifs is 1. The van der Waals surface area contributed by atoms with E-state index in [1.54, 1.807) is 25.5 Å². The first-order valence-electron chi connectivity index (χ1n) is 11.0. The minimum Gasteiger partial charge on any atom is -0.446 e. The highest BCUT2D eigenvalue weighted by Gasteiger charge is 2.28. The Bertz CT molecular complexity index is 1210. The Morgan fingerprint density at radius 3 is 2.97 bits per heavy atom. The summed E-state index contributed by atoms with van der Waals surface area (Å²) < 4.78 is 10.6. The maximum absolute atomic E-state index is 12.7. The van der Waals surface area contributed by atoms with E-state index in [9.17, 15) is 14.9 Å². The van der Waals surface area contributed by atoms with Crippen LogP contribution < -0.4 is 10.6 Å². The molecule has 0 aromatic carbocycles. The van der Waals surface area contributed by atoms with Crippen LogP contribution in [0, 0.1) is 18.3 Å². The molecule has 9 nitrogen and oxygen atoms in total. The number of aryl methyl sites for hydroxylation is 1. The topological polar surface area (TPSA) is 130 Å². The second kappa shape index (κ2) is 10.5. The molecule has 0 saturated carbocycles. The maximum atomic E-state index is 12.7. The highest BCUT2D eigenvalue weighted by Crippen LogP contribution is 2.38. The lowest BCUT2D eigenvalue weighted by Gasteiger charge is -2.22. The smallest absolute Gasteiger partial charge is 0.407 e. The van der Waals surface area contributed by atoms with Gasteiger partial charge in [0.15, 0.2) is 0 Å². The Kier molecular flexibility index (Phi) is 7.23. The SMILES string of the molecule is Cc1oncc1CNC(=O)OC1CCc2c(sc(NC(=O)CC(C)c3cccnc3)c2C#N)C1. The number of anilines is 1. The van der Waals surface area contributed by atoms with Gasteiger partial charge in [-0.3, -0.25) is 9.78 Å². The first-order valence-corrected chi connectivity index (χ1v) is 11.8. The number of thiophene rings is 1. The molecule has 0 saturated heterocycles. The van der Waals surface area contributed by atoms with Crippen molar-refractivity contribution in [2.24, 2.45) is 0 Å². The quantitative estimate of drug-likeness (QED) is 0.519. The Morgan fingerprint density at radius 1 is 1.41 bits per heavy atom. The number of amides is 2. The summed E-state index contributed by atoms with van der Waals surface area (Å²) >= 11 is 1.38. The molecule has 1 aliphatic carbocycles. The Hall–Kier alpha value is -3.71. The minimum atomic E-state index is -0.510. The summed E-state index contributed by atoms with van der Waals surface area (Å²) in [6, 6.07) is 6.03. The summed E-state index contributed by atoms with van der Waals surface area (Å²) in [5.74, 6) is 0.504. The van der Waals surface area contributed by atoms with Crippen molar-refractivity contribution in [3.8, 4) is 6.07 Å². The van der Waals surface area contributed by atoms with Crippen LogP contribution in [0.4, 0.5) is 9.80 Å². The van der Waals surface area contributed by atoms with Crippen molar-refractivity contribution in [3.05, 3.63) is 63.6 Å². The largest absolute Gasteiger partial charge is 0.446 e. The molecule has 3 aromatic rings. The van der Waals surface area contributed by atoms with Gasteiger partial charge in [-0.05, 0) is 42.9 Å². The summed E-state index contributed by atoms with van der Waals surface area (Å²) in [5.41, 5.74) is 3.22. The maximum Gasteiger partial charge on any atom is 0.407 e. The number of ether oxygens (including phenoxy) is 1. The molecule has 0 radical (unpaired) electrons. The first kappa shape index (κ1) is 23.4. The highest BCUT2D eigenvalue weighted by atomic mass is 32.1. The third-order valence-corrected chi connectivity index (χ3v) is 7.05. The lowest BCUT2D eigenvalue weighted by atomic mass is 9.93. The fraction of sp³-hybridized carbons (Fsp3) is 0.375. The van der Waals surface area contributed by atoms with E-state index in [0.717, 1.165) is 21.6 Å². The molecule has 3 aromatic heterocycles. The molecule has 2 atom stereocenters. The van der Waals surface area contributed by atoms with Crippen LogP contribution in [0.15, 0.2) is 35.2 Å². The molecule has 10 heteroatoms. The van der Waals surface area contributed by atoms with E-state index in [1.807, 2.05) is 19.1 Å². The standard InChI is InChI=1S/C24H25N5O4S/c1-14(16-4-3-7-26-11-16)8-22(30)29-23-20(10-25)19-6-5-18(9-21(19)34-23)32-24(31)27-12-17-13-28-33-15(17)2/h3-4,7,11,13-14,18H,5-6,8-9,12H2,1-2H3,(H,27,31)(H,29,30). The number of nitrogens with zero attached hydrogens (tertiary/aromatic N) is 3. The summed E-state index contributed by atoms with van der Waals surface area (Å²) in [5, 5.41) is 19.6. The van der Waals surface area contributed by atoms with Gasteiger partial charge in [0.05, 0.1) is 18.3 Å². The van der Waals surface area contributed by atoms with Gasteiger partial charge in [-0.25, -0.2) is 4.79 Å². The van der Waals surface area contributed by atoms with Crippen LogP contribution in [0.3, 0.4) is 0 Å². The lowest BCUT2D eigenvalue weighted by molar-refractivity contribution is -0.116. The minimum absolute atomic E-state index is 0.00623. The normalized spacial score (nSPS) is 15.6. The zero-order valence-corrected chi connectivity index (χ0v) is 19.8. The summed E-state index contributed by atoms with van der Waals surface area (Å²) in [6.45, 7) is 4.02.